The summed E-state index contributed by atoms with van der Waals surface area (Å²) in [5.41, 5.74) is 2.02. The van der Waals surface area contributed by atoms with E-state index in [-0.39, 0.29) is 18.1 Å². The molecule has 1 aliphatic heterocycles. The molecule has 6 nitrogen and oxygen atoms in total. The predicted molar refractivity (Wildman–Crippen MR) is 99.9 cm³/mol. The van der Waals surface area contributed by atoms with Crippen molar-refractivity contribution in [2.24, 2.45) is 0 Å². The van der Waals surface area contributed by atoms with Crippen molar-refractivity contribution in [2.75, 3.05) is 25.5 Å². The summed E-state index contributed by atoms with van der Waals surface area (Å²) in [6, 6.07) is 9.32. The van der Waals surface area contributed by atoms with E-state index in [2.05, 4.69) is 22.9 Å². The lowest BCUT2D eigenvalue weighted by Crippen LogP contribution is -2.55. The maximum absolute atomic E-state index is 12.7. The molecule has 6 heteroatoms. The molecule has 0 fully saturated rings. The van der Waals surface area contributed by atoms with Crippen LogP contribution in [0.5, 0.6) is 0 Å². The minimum absolute atomic E-state index is 0.140. The van der Waals surface area contributed by atoms with Gasteiger partial charge in [0.25, 0.3) is 11.8 Å². The third-order valence-electron chi connectivity index (χ3n) is 4.63. The Hall–Kier alpha value is -2.60. The SMILES string of the molecule is CCCCNC(=O)c1ccc2c3cccc(c13)C(=O)NC(NC)N2C. The lowest BCUT2D eigenvalue weighted by atomic mass is 9.95. The van der Waals surface area contributed by atoms with Crippen LogP contribution in [0.15, 0.2) is 30.3 Å². The topological polar surface area (TPSA) is 73.5 Å². The van der Waals surface area contributed by atoms with Gasteiger partial charge in [-0.25, -0.2) is 0 Å². The molecule has 2 amide bonds. The van der Waals surface area contributed by atoms with E-state index in [0.717, 1.165) is 23.9 Å². The molecule has 2 aromatic carbocycles. The van der Waals surface area contributed by atoms with Gasteiger partial charge in [0.05, 0.1) is 0 Å². The molecule has 1 atom stereocenters. The Kier molecular flexibility index (Phi) is 4.90. The maximum atomic E-state index is 12.7. The van der Waals surface area contributed by atoms with E-state index in [1.54, 1.807) is 13.1 Å². The zero-order valence-electron chi connectivity index (χ0n) is 14.8. The highest BCUT2D eigenvalue weighted by molar-refractivity contribution is 6.18. The third kappa shape index (κ3) is 3.05. The smallest absolute Gasteiger partial charge is 0.254 e. The van der Waals surface area contributed by atoms with E-state index in [9.17, 15) is 9.59 Å². The molecule has 0 radical (unpaired) electrons. The Bertz CT molecular complexity index is 818. The van der Waals surface area contributed by atoms with Crippen LogP contribution in [0.2, 0.25) is 0 Å². The van der Waals surface area contributed by atoms with Crippen LogP contribution < -0.4 is 20.9 Å². The number of unbranched alkanes of at least 4 members (excludes halogenated alkanes) is 1. The second-order valence-corrected chi connectivity index (χ2v) is 6.25. The number of nitrogens with zero attached hydrogens (tertiary/aromatic N) is 1. The predicted octanol–water partition coefficient (Wildman–Crippen LogP) is 2.05. The van der Waals surface area contributed by atoms with Crippen molar-refractivity contribution < 1.29 is 9.59 Å². The number of carbonyl (C=O) groups excluding carboxylic acids is 2. The van der Waals surface area contributed by atoms with Gasteiger partial charge in [-0.15, -0.1) is 0 Å². The van der Waals surface area contributed by atoms with Crippen molar-refractivity contribution in [3.05, 3.63) is 41.5 Å². The number of amides is 2. The van der Waals surface area contributed by atoms with Crippen LogP contribution in [0.1, 0.15) is 40.5 Å². The second kappa shape index (κ2) is 7.11. The fraction of sp³-hybridized carbons (Fsp3) is 0.368. The molecular formula is C19H24N4O2. The van der Waals surface area contributed by atoms with Crippen LogP contribution in [0.3, 0.4) is 0 Å². The number of rotatable bonds is 5. The molecule has 1 heterocycles. The van der Waals surface area contributed by atoms with Gasteiger partial charge in [0.2, 0.25) is 0 Å². The Balaban J connectivity index is 2.17. The van der Waals surface area contributed by atoms with Gasteiger partial charge in [-0.05, 0) is 31.7 Å². The monoisotopic (exact) mass is 340 g/mol. The minimum atomic E-state index is -0.321. The van der Waals surface area contributed by atoms with E-state index < -0.39 is 0 Å². The third-order valence-corrected chi connectivity index (χ3v) is 4.63. The zero-order chi connectivity index (χ0) is 18.0. The van der Waals surface area contributed by atoms with Crippen molar-refractivity contribution in [1.29, 1.82) is 0 Å². The number of anilines is 1. The molecular weight excluding hydrogens is 316 g/mol. The summed E-state index contributed by atoms with van der Waals surface area (Å²) in [5, 5.41) is 10.6. The zero-order valence-corrected chi connectivity index (χ0v) is 14.8. The van der Waals surface area contributed by atoms with Crippen molar-refractivity contribution in [2.45, 2.75) is 26.1 Å². The molecule has 0 saturated heterocycles. The van der Waals surface area contributed by atoms with Crippen molar-refractivity contribution in [1.82, 2.24) is 16.0 Å². The summed E-state index contributed by atoms with van der Waals surface area (Å²) < 4.78 is 0. The summed E-state index contributed by atoms with van der Waals surface area (Å²) in [6.45, 7) is 2.72. The molecule has 132 valence electrons. The molecule has 1 aliphatic rings. The quantitative estimate of drug-likeness (QED) is 0.729. The lowest BCUT2D eigenvalue weighted by molar-refractivity contribution is 0.0932. The molecule has 0 aromatic heterocycles. The largest absolute Gasteiger partial charge is 0.352 e. The molecule has 25 heavy (non-hydrogen) atoms. The van der Waals surface area contributed by atoms with E-state index in [0.29, 0.717) is 23.1 Å². The minimum Gasteiger partial charge on any atom is -0.352 e. The van der Waals surface area contributed by atoms with Crippen LogP contribution in [0, 0.1) is 0 Å². The van der Waals surface area contributed by atoms with Gasteiger partial charge >= 0.3 is 0 Å². The molecule has 2 aromatic rings. The van der Waals surface area contributed by atoms with Crippen LogP contribution >= 0.6 is 0 Å². The van der Waals surface area contributed by atoms with Gasteiger partial charge in [-0.1, -0.05) is 25.5 Å². The van der Waals surface area contributed by atoms with Gasteiger partial charge in [0.15, 0.2) is 6.29 Å². The number of hydrogen-bond donors (Lipinski definition) is 3. The number of nitrogens with one attached hydrogen (secondary N) is 3. The van der Waals surface area contributed by atoms with E-state index in [1.165, 1.54) is 0 Å². The van der Waals surface area contributed by atoms with Crippen molar-refractivity contribution >= 4 is 28.3 Å². The molecule has 4 bridgehead atoms. The summed E-state index contributed by atoms with van der Waals surface area (Å²) in [6.07, 6.45) is 1.63. The summed E-state index contributed by atoms with van der Waals surface area (Å²) in [5.74, 6) is -0.338. The number of hydrogen-bond acceptors (Lipinski definition) is 4. The first-order valence-electron chi connectivity index (χ1n) is 8.63. The first-order valence-corrected chi connectivity index (χ1v) is 8.63. The van der Waals surface area contributed by atoms with Crippen LogP contribution in [0.4, 0.5) is 5.69 Å². The number of carbonyl (C=O) groups is 2. The summed E-state index contributed by atoms with van der Waals surface area (Å²) >= 11 is 0. The number of benzene rings is 2. The molecule has 3 rings (SSSR count). The maximum Gasteiger partial charge on any atom is 0.254 e. The first kappa shape index (κ1) is 17.2. The van der Waals surface area contributed by atoms with Gasteiger partial charge in [-0.2, -0.15) is 0 Å². The fourth-order valence-electron chi connectivity index (χ4n) is 3.25. The van der Waals surface area contributed by atoms with Crippen LogP contribution in [-0.4, -0.2) is 38.7 Å². The molecule has 3 N–H and O–H groups in total. The van der Waals surface area contributed by atoms with Gasteiger partial charge in [0, 0.05) is 41.2 Å². The summed E-state index contributed by atoms with van der Waals surface area (Å²) in [4.78, 5) is 27.3. The Morgan fingerprint density at radius 3 is 2.80 bits per heavy atom. The van der Waals surface area contributed by atoms with Crippen LogP contribution in [0.25, 0.3) is 10.8 Å². The average Bonchev–Trinajstić information content (AvgIpc) is 2.63. The molecule has 0 spiro atoms. The second-order valence-electron chi connectivity index (χ2n) is 6.25. The molecule has 0 saturated carbocycles. The highest BCUT2D eigenvalue weighted by atomic mass is 16.2. The average molecular weight is 340 g/mol. The van der Waals surface area contributed by atoms with E-state index in [4.69, 9.17) is 0 Å². The fourth-order valence-corrected chi connectivity index (χ4v) is 3.25. The van der Waals surface area contributed by atoms with Crippen molar-refractivity contribution in [3.8, 4) is 0 Å². The highest BCUT2D eigenvalue weighted by Gasteiger charge is 2.26. The van der Waals surface area contributed by atoms with E-state index in [1.807, 2.05) is 36.2 Å². The normalized spacial score (nSPS) is 16.5. The lowest BCUT2D eigenvalue weighted by Gasteiger charge is -2.33. The Morgan fingerprint density at radius 2 is 2.08 bits per heavy atom. The van der Waals surface area contributed by atoms with Gasteiger partial charge < -0.3 is 15.5 Å². The highest BCUT2D eigenvalue weighted by Crippen LogP contribution is 2.33. The van der Waals surface area contributed by atoms with Gasteiger partial charge in [0.1, 0.15) is 0 Å². The first-order chi connectivity index (χ1) is 12.1. The van der Waals surface area contributed by atoms with Crippen molar-refractivity contribution in [3.63, 3.8) is 0 Å². The van der Waals surface area contributed by atoms with Gasteiger partial charge in [-0.3, -0.25) is 14.9 Å². The van der Waals surface area contributed by atoms with Crippen LogP contribution in [-0.2, 0) is 0 Å². The van der Waals surface area contributed by atoms with E-state index >= 15 is 0 Å². The molecule has 1 unspecified atom stereocenters. The standard InChI is InChI=1S/C19H24N4O2/c1-4-5-11-21-17(24)14-9-10-15-12-7-6-8-13(16(12)14)18(25)22-19(20-2)23(15)3/h6-10,19-20H,4-5,11H2,1-3H3,(H,21,24)(H,22,25). The Labute approximate surface area is 147 Å². The Morgan fingerprint density at radius 1 is 1.28 bits per heavy atom. The summed E-state index contributed by atoms with van der Waals surface area (Å²) in [7, 11) is 3.71. The molecule has 0 aliphatic carbocycles.